The van der Waals surface area contributed by atoms with Crippen molar-refractivity contribution in [2.24, 2.45) is 0 Å². The Morgan fingerprint density at radius 1 is 1.47 bits per heavy atom. The van der Waals surface area contributed by atoms with Crippen LogP contribution in [0, 0.1) is 0 Å². The summed E-state index contributed by atoms with van der Waals surface area (Å²) < 4.78 is 5.79. The molecule has 0 spiro atoms. The van der Waals surface area contributed by atoms with Crippen molar-refractivity contribution >= 4 is 17.5 Å². The number of alkyl halides is 1. The van der Waals surface area contributed by atoms with Crippen molar-refractivity contribution < 1.29 is 14.6 Å². The molecule has 0 aliphatic carbocycles. The number of phenols is 1. The minimum atomic E-state index is -0.398. The standard InChI is InChI=1S/C14H18ClNO3/c1-14(2)9-16(8-12(7-15)19-14)13(18)10-3-5-11(17)6-4-10/h3-6,12,17H,7-9H2,1-2H3. The fraction of sp³-hybridized carbons (Fsp3) is 0.500. The first-order valence-corrected chi connectivity index (χ1v) is 6.77. The Balaban J connectivity index is 2.16. The summed E-state index contributed by atoms with van der Waals surface area (Å²) in [4.78, 5) is 14.2. The fourth-order valence-corrected chi connectivity index (χ4v) is 2.48. The van der Waals surface area contributed by atoms with Crippen LogP contribution in [0.1, 0.15) is 24.2 Å². The van der Waals surface area contributed by atoms with Crippen LogP contribution in [0.3, 0.4) is 0 Å². The second kappa shape index (κ2) is 5.39. The van der Waals surface area contributed by atoms with Crippen LogP contribution in [0.25, 0.3) is 0 Å². The molecule has 2 rings (SSSR count). The largest absolute Gasteiger partial charge is 0.508 e. The molecule has 1 aliphatic heterocycles. The molecule has 1 aliphatic rings. The maximum absolute atomic E-state index is 12.4. The smallest absolute Gasteiger partial charge is 0.254 e. The molecule has 1 heterocycles. The van der Waals surface area contributed by atoms with Crippen LogP contribution in [0.4, 0.5) is 0 Å². The number of halogens is 1. The molecule has 5 heteroatoms. The average molecular weight is 284 g/mol. The third kappa shape index (κ3) is 3.39. The van der Waals surface area contributed by atoms with Crippen molar-refractivity contribution in [2.45, 2.75) is 25.6 Å². The van der Waals surface area contributed by atoms with Gasteiger partial charge in [0.15, 0.2) is 0 Å². The quantitative estimate of drug-likeness (QED) is 0.847. The van der Waals surface area contributed by atoms with Gasteiger partial charge in [-0.2, -0.15) is 0 Å². The van der Waals surface area contributed by atoms with E-state index in [1.54, 1.807) is 17.0 Å². The number of hydrogen-bond acceptors (Lipinski definition) is 3. The highest BCUT2D eigenvalue weighted by Gasteiger charge is 2.35. The number of phenolic OH excluding ortho intramolecular Hbond substituents is 1. The van der Waals surface area contributed by atoms with E-state index in [1.807, 2.05) is 13.8 Å². The number of rotatable bonds is 2. The SMILES string of the molecule is CC1(C)CN(C(=O)c2ccc(O)cc2)CC(CCl)O1. The Kier molecular flexibility index (Phi) is 4.02. The number of hydrogen-bond donors (Lipinski definition) is 1. The zero-order valence-corrected chi connectivity index (χ0v) is 11.9. The molecule has 1 atom stereocenters. The summed E-state index contributed by atoms with van der Waals surface area (Å²) in [7, 11) is 0. The normalized spacial score (nSPS) is 22.3. The van der Waals surface area contributed by atoms with E-state index in [1.165, 1.54) is 12.1 Å². The molecule has 1 fully saturated rings. The minimum Gasteiger partial charge on any atom is -0.508 e. The fourth-order valence-electron chi connectivity index (χ4n) is 2.32. The maximum atomic E-state index is 12.4. The van der Waals surface area contributed by atoms with Gasteiger partial charge in [0.05, 0.1) is 17.6 Å². The van der Waals surface area contributed by atoms with Gasteiger partial charge < -0.3 is 14.7 Å². The van der Waals surface area contributed by atoms with Crippen LogP contribution in [0.15, 0.2) is 24.3 Å². The monoisotopic (exact) mass is 283 g/mol. The number of amides is 1. The molecule has 0 radical (unpaired) electrons. The molecule has 1 saturated heterocycles. The number of ether oxygens (including phenoxy) is 1. The molecule has 104 valence electrons. The summed E-state index contributed by atoms with van der Waals surface area (Å²) in [5.74, 6) is 0.451. The van der Waals surface area contributed by atoms with Gasteiger partial charge in [0, 0.05) is 18.7 Å². The lowest BCUT2D eigenvalue weighted by Crippen LogP contribution is -2.55. The van der Waals surface area contributed by atoms with Gasteiger partial charge in [0.1, 0.15) is 5.75 Å². The molecule has 1 aromatic rings. The van der Waals surface area contributed by atoms with Crippen molar-refractivity contribution in [1.82, 2.24) is 4.90 Å². The van der Waals surface area contributed by atoms with Crippen LogP contribution >= 0.6 is 11.6 Å². The Morgan fingerprint density at radius 3 is 2.68 bits per heavy atom. The third-order valence-corrected chi connectivity index (χ3v) is 3.40. The van der Waals surface area contributed by atoms with Crippen molar-refractivity contribution in [3.05, 3.63) is 29.8 Å². The molecular formula is C14H18ClNO3. The lowest BCUT2D eigenvalue weighted by molar-refractivity contribution is -0.117. The number of benzene rings is 1. The van der Waals surface area contributed by atoms with Gasteiger partial charge in [-0.05, 0) is 38.1 Å². The first kappa shape index (κ1) is 14.2. The summed E-state index contributed by atoms with van der Waals surface area (Å²) in [6.45, 7) is 4.92. The highest BCUT2D eigenvalue weighted by Crippen LogP contribution is 2.23. The summed E-state index contributed by atoms with van der Waals surface area (Å²) in [5.41, 5.74) is 0.161. The maximum Gasteiger partial charge on any atom is 0.254 e. The van der Waals surface area contributed by atoms with Crippen LogP contribution in [0.2, 0.25) is 0 Å². The Hall–Kier alpha value is -1.26. The van der Waals surface area contributed by atoms with Crippen molar-refractivity contribution in [2.75, 3.05) is 19.0 Å². The molecule has 1 N–H and O–H groups in total. The van der Waals surface area contributed by atoms with E-state index in [-0.39, 0.29) is 17.8 Å². The number of nitrogens with zero attached hydrogens (tertiary/aromatic N) is 1. The molecule has 0 aromatic heterocycles. The third-order valence-electron chi connectivity index (χ3n) is 3.05. The van der Waals surface area contributed by atoms with E-state index in [0.717, 1.165) is 0 Å². The highest BCUT2D eigenvalue weighted by atomic mass is 35.5. The zero-order chi connectivity index (χ0) is 14.0. The summed E-state index contributed by atoms with van der Waals surface area (Å²) >= 11 is 5.85. The zero-order valence-electron chi connectivity index (χ0n) is 11.1. The number of carbonyl (C=O) groups is 1. The predicted molar refractivity (Wildman–Crippen MR) is 73.7 cm³/mol. The Labute approximate surface area is 117 Å². The van der Waals surface area contributed by atoms with Crippen LogP contribution in [0.5, 0.6) is 5.75 Å². The van der Waals surface area contributed by atoms with Gasteiger partial charge in [0.25, 0.3) is 5.91 Å². The van der Waals surface area contributed by atoms with E-state index < -0.39 is 5.60 Å². The first-order valence-electron chi connectivity index (χ1n) is 6.23. The number of carbonyl (C=O) groups excluding carboxylic acids is 1. The van der Waals surface area contributed by atoms with Crippen LogP contribution in [-0.2, 0) is 4.74 Å². The molecule has 0 bridgehead atoms. The van der Waals surface area contributed by atoms with Crippen molar-refractivity contribution in [1.29, 1.82) is 0 Å². The second-order valence-electron chi connectivity index (χ2n) is 5.39. The molecule has 19 heavy (non-hydrogen) atoms. The van der Waals surface area contributed by atoms with Crippen molar-refractivity contribution in [3.63, 3.8) is 0 Å². The molecule has 4 nitrogen and oxygen atoms in total. The summed E-state index contributed by atoms with van der Waals surface area (Å²) in [6.07, 6.45) is -0.147. The first-order chi connectivity index (χ1) is 8.91. The predicted octanol–water partition coefficient (Wildman–Crippen LogP) is 2.25. The highest BCUT2D eigenvalue weighted by molar-refractivity contribution is 6.18. The summed E-state index contributed by atoms with van der Waals surface area (Å²) in [5, 5.41) is 9.25. The number of aromatic hydroxyl groups is 1. The van der Waals surface area contributed by atoms with Gasteiger partial charge in [-0.3, -0.25) is 4.79 Å². The van der Waals surface area contributed by atoms with Gasteiger partial charge in [-0.1, -0.05) is 0 Å². The van der Waals surface area contributed by atoms with Gasteiger partial charge in [-0.15, -0.1) is 11.6 Å². The molecular weight excluding hydrogens is 266 g/mol. The van der Waals surface area contributed by atoms with E-state index >= 15 is 0 Å². The van der Waals surface area contributed by atoms with Gasteiger partial charge >= 0.3 is 0 Å². The van der Waals surface area contributed by atoms with Gasteiger partial charge in [-0.25, -0.2) is 0 Å². The van der Waals surface area contributed by atoms with Crippen molar-refractivity contribution in [3.8, 4) is 5.75 Å². The van der Waals surface area contributed by atoms with Crippen LogP contribution < -0.4 is 0 Å². The lowest BCUT2D eigenvalue weighted by Gasteiger charge is -2.42. The second-order valence-corrected chi connectivity index (χ2v) is 5.70. The van der Waals surface area contributed by atoms with Crippen LogP contribution in [-0.4, -0.2) is 46.6 Å². The molecule has 1 aromatic carbocycles. The Bertz CT molecular complexity index is 458. The topological polar surface area (TPSA) is 49.8 Å². The number of morpholine rings is 1. The Morgan fingerprint density at radius 2 is 2.11 bits per heavy atom. The van der Waals surface area contributed by atoms with E-state index in [4.69, 9.17) is 16.3 Å². The molecule has 0 saturated carbocycles. The molecule has 1 amide bonds. The summed E-state index contributed by atoms with van der Waals surface area (Å²) in [6, 6.07) is 6.27. The lowest BCUT2D eigenvalue weighted by atomic mass is 10.0. The van der Waals surface area contributed by atoms with E-state index in [0.29, 0.717) is 24.5 Å². The average Bonchev–Trinajstić information content (AvgIpc) is 2.37. The molecule has 1 unspecified atom stereocenters. The van der Waals surface area contributed by atoms with E-state index in [2.05, 4.69) is 0 Å². The van der Waals surface area contributed by atoms with Gasteiger partial charge in [0.2, 0.25) is 0 Å². The minimum absolute atomic E-state index is 0.0634. The van der Waals surface area contributed by atoms with E-state index in [9.17, 15) is 9.90 Å².